The molecule has 2 heterocycles. The van der Waals surface area contributed by atoms with E-state index < -0.39 is 0 Å². The number of carbonyl (C=O) groups is 1. The molecule has 3 rings (SSSR count). The zero-order valence-electron chi connectivity index (χ0n) is 11.5. The van der Waals surface area contributed by atoms with Crippen LogP contribution in [0, 0.1) is 0 Å². The van der Waals surface area contributed by atoms with Gasteiger partial charge in [0.15, 0.2) is 0 Å². The highest BCUT2D eigenvalue weighted by Crippen LogP contribution is 2.27. The molecule has 1 atom stereocenters. The van der Waals surface area contributed by atoms with Gasteiger partial charge in [-0.1, -0.05) is 37.3 Å². The molecule has 0 saturated carbocycles. The van der Waals surface area contributed by atoms with Crippen molar-refractivity contribution in [3.05, 3.63) is 59.7 Å². The second-order valence-corrected chi connectivity index (χ2v) is 5.06. The van der Waals surface area contributed by atoms with Gasteiger partial charge in [-0.15, -0.1) is 0 Å². The van der Waals surface area contributed by atoms with Crippen molar-refractivity contribution in [3.63, 3.8) is 0 Å². The number of hydrogen-bond donors (Lipinski definition) is 0. The van der Waals surface area contributed by atoms with E-state index >= 15 is 0 Å². The van der Waals surface area contributed by atoms with Gasteiger partial charge in [-0.3, -0.25) is 4.79 Å². The first kappa shape index (κ1) is 12.8. The van der Waals surface area contributed by atoms with E-state index in [0.29, 0.717) is 13.1 Å². The van der Waals surface area contributed by atoms with Crippen molar-refractivity contribution < 1.29 is 4.79 Å². The topological polar surface area (TPSA) is 46.1 Å². The highest BCUT2D eigenvalue weighted by molar-refractivity contribution is 5.84. The average molecular weight is 267 g/mol. The monoisotopic (exact) mass is 267 g/mol. The third-order valence-corrected chi connectivity index (χ3v) is 3.80. The van der Waals surface area contributed by atoms with E-state index in [1.165, 1.54) is 0 Å². The lowest BCUT2D eigenvalue weighted by atomic mass is 9.95. The molecule has 0 saturated heterocycles. The van der Waals surface area contributed by atoms with Gasteiger partial charge < -0.3 is 4.90 Å². The van der Waals surface area contributed by atoms with Gasteiger partial charge in [0, 0.05) is 18.3 Å². The summed E-state index contributed by atoms with van der Waals surface area (Å²) in [6.45, 7) is 3.27. The van der Waals surface area contributed by atoms with Gasteiger partial charge in [-0.05, 0) is 12.0 Å². The van der Waals surface area contributed by atoms with E-state index in [1.807, 2.05) is 35.2 Å². The van der Waals surface area contributed by atoms with Crippen molar-refractivity contribution >= 4 is 5.91 Å². The minimum atomic E-state index is -0.0709. The highest BCUT2D eigenvalue weighted by Gasteiger charge is 2.29. The van der Waals surface area contributed by atoms with Crippen LogP contribution >= 0.6 is 0 Å². The maximum absolute atomic E-state index is 12.7. The fourth-order valence-electron chi connectivity index (χ4n) is 2.71. The smallest absolute Gasteiger partial charge is 0.230 e. The molecule has 4 heteroatoms. The lowest BCUT2D eigenvalue weighted by Gasteiger charge is -2.22. The Kier molecular flexibility index (Phi) is 3.46. The summed E-state index contributed by atoms with van der Waals surface area (Å²) in [5, 5.41) is 0. The summed E-state index contributed by atoms with van der Waals surface area (Å²) >= 11 is 0. The van der Waals surface area contributed by atoms with Gasteiger partial charge in [0.2, 0.25) is 5.91 Å². The summed E-state index contributed by atoms with van der Waals surface area (Å²) in [7, 11) is 0. The lowest BCUT2D eigenvalue weighted by Crippen LogP contribution is -2.30. The predicted molar refractivity (Wildman–Crippen MR) is 75.8 cm³/mol. The van der Waals surface area contributed by atoms with Gasteiger partial charge >= 0.3 is 0 Å². The third kappa shape index (κ3) is 2.29. The van der Waals surface area contributed by atoms with E-state index in [1.54, 1.807) is 12.5 Å². The van der Waals surface area contributed by atoms with Crippen molar-refractivity contribution in [1.82, 2.24) is 14.9 Å². The summed E-state index contributed by atoms with van der Waals surface area (Å²) in [5.74, 6) is 0.107. The molecule has 0 spiro atoms. The Balaban J connectivity index is 1.80. The number of nitrogens with zero attached hydrogens (tertiary/aromatic N) is 3. The molecule has 0 N–H and O–H groups in total. The number of fused-ring (bicyclic) bond motifs is 1. The van der Waals surface area contributed by atoms with Crippen molar-refractivity contribution in [3.8, 4) is 0 Å². The van der Waals surface area contributed by atoms with E-state index in [2.05, 4.69) is 16.9 Å². The number of aromatic nitrogens is 2. The predicted octanol–water partition coefficient (Wildman–Crippen LogP) is 2.51. The second-order valence-electron chi connectivity index (χ2n) is 5.06. The first-order valence-corrected chi connectivity index (χ1v) is 6.91. The Bertz CT molecular complexity index is 587. The standard InChI is InChI=1S/C16H17N3O/c1-2-14(12-6-4-3-5-7-12)16(20)19-9-13-8-17-11-18-15(13)10-19/h3-8,11,14H,2,9-10H2,1H3. The van der Waals surface area contributed by atoms with Crippen molar-refractivity contribution in [1.29, 1.82) is 0 Å². The molecular formula is C16H17N3O. The molecule has 20 heavy (non-hydrogen) atoms. The maximum atomic E-state index is 12.7. The number of rotatable bonds is 3. The van der Waals surface area contributed by atoms with Crippen LogP contribution in [0.25, 0.3) is 0 Å². The van der Waals surface area contributed by atoms with Gasteiger partial charge in [-0.25, -0.2) is 9.97 Å². The van der Waals surface area contributed by atoms with Crippen LogP contribution in [-0.4, -0.2) is 20.8 Å². The van der Waals surface area contributed by atoms with E-state index in [-0.39, 0.29) is 11.8 Å². The van der Waals surface area contributed by atoms with Crippen LogP contribution in [-0.2, 0) is 17.9 Å². The Hall–Kier alpha value is -2.23. The van der Waals surface area contributed by atoms with Gasteiger partial charge in [0.05, 0.1) is 18.2 Å². The molecule has 0 fully saturated rings. The van der Waals surface area contributed by atoms with Crippen molar-refractivity contribution in [2.75, 3.05) is 0 Å². The van der Waals surface area contributed by atoms with E-state index in [4.69, 9.17) is 0 Å². The molecule has 0 radical (unpaired) electrons. The van der Waals surface area contributed by atoms with Crippen LogP contribution in [0.2, 0.25) is 0 Å². The van der Waals surface area contributed by atoms with Crippen LogP contribution < -0.4 is 0 Å². The maximum Gasteiger partial charge on any atom is 0.230 e. The molecule has 1 aliphatic heterocycles. The van der Waals surface area contributed by atoms with Crippen LogP contribution in [0.3, 0.4) is 0 Å². The van der Waals surface area contributed by atoms with E-state index in [9.17, 15) is 4.79 Å². The average Bonchev–Trinajstić information content (AvgIpc) is 2.93. The number of carbonyl (C=O) groups excluding carboxylic acids is 1. The first-order chi connectivity index (χ1) is 9.79. The van der Waals surface area contributed by atoms with Crippen LogP contribution in [0.4, 0.5) is 0 Å². The molecule has 1 unspecified atom stereocenters. The van der Waals surface area contributed by atoms with Crippen molar-refractivity contribution in [2.45, 2.75) is 32.4 Å². The number of hydrogen-bond acceptors (Lipinski definition) is 3. The molecular weight excluding hydrogens is 250 g/mol. The quantitative estimate of drug-likeness (QED) is 0.858. The minimum Gasteiger partial charge on any atom is -0.332 e. The molecule has 0 aliphatic carbocycles. The Morgan fingerprint density at radius 1 is 1.30 bits per heavy atom. The third-order valence-electron chi connectivity index (χ3n) is 3.80. The first-order valence-electron chi connectivity index (χ1n) is 6.91. The lowest BCUT2D eigenvalue weighted by molar-refractivity contribution is -0.133. The Labute approximate surface area is 118 Å². The molecule has 1 aromatic carbocycles. The van der Waals surface area contributed by atoms with E-state index in [0.717, 1.165) is 23.2 Å². The van der Waals surface area contributed by atoms with Crippen molar-refractivity contribution in [2.24, 2.45) is 0 Å². The zero-order chi connectivity index (χ0) is 13.9. The Morgan fingerprint density at radius 2 is 2.10 bits per heavy atom. The molecule has 1 amide bonds. The highest BCUT2D eigenvalue weighted by atomic mass is 16.2. The molecule has 1 aromatic heterocycles. The summed E-state index contributed by atoms with van der Waals surface area (Å²) in [6.07, 6.45) is 4.15. The zero-order valence-corrected chi connectivity index (χ0v) is 11.5. The minimum absolute atomic E-state index is 0.0709. The Morgan fingerprint density at radius 3 is 2.80 bits per heavy atom. The normalized spacial score (nSPS) is 14.9. The number of amides is 1. The fourth-order valence-corrected chi connectivity index (χ4v) is 2.71. The van der Waals surface area contributed by atoms with Gasteiger partial charge in [0.1, 0.15) is 6.33 Å². The summed E-state index contributed by atoms with van der Waals surface area (Å²) < 4.78 is 0. The van der Waals surface area contributed by atoms with Gasteiger partial charge in [-0.2, -0.15) is 0 Å². The van der Waals surface area contributed by atoms with Crippen LogP contribution in [0.5, 0.6) is 0 Å². The summed E-state index contributed by atoms with van der Waals surface area (Å²) in [6, 6.07) is 9.98. The summed E-state index contributed by atoms with van der Waals surface area (Å²) in [4.78, 5) is 22.9. The molecule has 2 aromatic rings. The second kappa shape index (κ2) is 5.41. The molecule has 0 bridgehead atoms. The summed E-state index contributed by atoms with van der Waals surface area (Å²) in [5.41, 5.74) is 3.11. The van der Waals surface area contributed by atoms with Crippen LogP contribution in [0.1, 0.15) is 36.1 Å². The fraction of sp³-hybridized carbons (Fsp3) is 0.312. The molecule has 102 valence electrons. The molecule has 4 nitrogen and oxygen atoms in total. The number of benzene rings is 1. The largest absolute Gasteiger partial charge is 0.332 e. The van der Waals surface area contributed by atoms with Crippen LogP contribution in [0.15, 0.2) is 42.9 Å². The van der Waals surface area contributed by atoms with Gasteiger partial charge in [0.25, 0.3) is 0 Å². The molecule has 1 aliphatic rings. The SMILES string of the molecule is CCC(C(=O)N1Cc2cncnc2C1)c1ccccc1.